The van der Waals surface area contributed by atoms with Crippen LogP contribution < -0.4 is 4.74 Å². The van der Waals surface area contributed by atoms with Crippen LogP contribution in [0.15, 0.2) is 64.0 Å². The van der Waals surface area contributed by atoms with Crippen LogP contribution in [0.25, 0.3) is 11.3 Å². The molecule has 1 heterocycles. The minimum atomic E-state index is -3.66. The van der Waals surface area contributed by atoms with Gasteiger partial charge >= 0.3 is 0 Å². The van der Waals surface area contributed by atoms with E-state index < -0.39 is 10.0 Å². The number of nitrogens with zero attached hydrogens (tertiary/aromatic N) is 2. The van der Waals surface area contributed by atoms with Crippen molar-refractivity contribution in [3.8, 4) is 17.1 Å². The van der Waals surface area contributed by atoms with E-state index >= 15 is 0 Å². The molecule has 0 saturated heterocycles. The van der Waals surface area contributed by atoms with Gasteiger partial charge in [-0.05, 0) is 36.4 Å². The molecule has 0 spiro atoms. The van der Waals surface area contributed by atoms with Crippen molar-refractivity contribution < 1.29 is 17.7 Å². The molecule has 0 radical (unpaired) electrons. The van der Waals surface area contributed by atoms with Crippen molar-refractivity contribution in [1.29, 1.82) is 0 Å². The summed E-state index contributed by atoms with van der Waals surface area (Å²) in [6.07, 6.45) is 0. The predicted octanol–water partition coefficient (Wildman–Crippen LogP) is 4.21. The predicted molar refractivity (Wildman–Crippen MR) is 103 cm³/mol. The van der Waals surface area contributed by atoms with E-state index in [-0.39, 0.29) is 11.4 Å². The van der Waals surface area contributed by atoms with E-state index in [4.69, 9.17) is 20.9 Å². The molecule has 2 aromatic carbocycles. The van der Waals surface area contributed by atoms with E-state index in [2.05, 4.69) is 5.16 Å². The summed E-state index contributed by atoms with van der Waals surface area (Å²) in [7, 11) is -2.07. The molecule has 0 fully saturated rings. The second kappa shape index (κ2) is 8.12. The zero-order valence-corrected chi connectivity index (χ0v) is 16.5. The highest BCUT2D eigenvalue weighted by molar-refractivity contribution is 7.89. The SMILES string of the molecule is CCN(Cc1cc(-c2cccc(OC)c2)on1)S(=O)(=O)c1ccc(Cl)cc1. The Kier molecular flexibility index (Phi) is 5.84. The van der Waals surface area contributed by atoms with Crippen molar-refractivity contribution in [2.75, 3.05) is 13.7 Å². The number of sulfonamides is 1. The van der Waals surface area contributed by atoms with E-state index in [9.17, 15) is 8.42 Å². The van der Waals surface area contributed by atoms with Gasteiger partial charge in [0.15, 0.2) is 5.76 Å². The Morgan fingerprint density at radius 3 is 2.56 bits per heavy atom. The van der Waals surface area contributed by atoms with Gasteiger partial charge in [0.25, 0.3) is 0 Å². The number of methoxy groups -OCH3 is 1. The lowest BCUT2D eigenvalue weighted by Crippen LogP contribution is -2.30. The number of hydrogen-bond acceptors (Lipinski definition) is 5. The van der Waals surface area contributed by atoms with Gasteiger partial charge in [0, 0.05) is 23.2 Å². The van der Waals surface area contributed by atoms with Crippen molar-refractivity contribution in [1.82, 2.24) is 9.46 Å². The molecular formula is C19H19ClN2O4S. The molecule has 3 rings (SSSR count). The summed E-state index contributed by atoms with van der Waals surface area (Å²) in [6.45, 7) is 2.18. The van der Waals surface area contributed by atoms with E-state index in [1.165, 1.54) is 16.4 Å². The van der Waals surface area contributed by atoms with Crippen LogP contribution in [0.3, 0.4) is 0 Å². The highest BCUT2D eigenvalue weighted by Crippen LogP contribution is 2.26. The van der Waals surface area contributed by atoms with Crippen LogP contribution >= 0.6 is 11.6 Å². The van der Waals surface area contributed by atoms with E-state index in [0.29, 0.717) is 28.8 Å². The molecule has 3 aromatic rings. The Bertz CT molecular complexity index is 1020. The maximum absolute atomic E-state index is 12.8. The average molecular weight is 407 g/mol. The van der Waals surface area contributed by atoms with Crippen molar-refractivity contribution >= 4 is 21.6 Å². The minimum Gasteiger partial charge on any atom is -0.497 e. The number of hydrogen-bond donors (Lipinski definition) is 0. The molecule has 0 N–H and O–H groups in total. The summed E-state index contributed by atoms with van der Waals surface area (Å²) in [5, 5.41) is 4.50. The fourth-order valence-electron chi connectivity index (χ4n) is 2.60. The quantitative estimate of drug-likeness (QED) is 0.587. The second-order valence-corrected chi connectivity index (χ2v) is 8.17. The molecule has 0 aliphatic rings. The fourth-order valence-corrected chi connectivity index (χ4v) is 4.15. The lowest BCUT2D eigenvalue weighted by molar-refractivity contribution is 0.384. The molecule has 6 nitrogen and oxygen atoms in total. The first-order valence-corrected chi connectivity index (χ1v) is 10.1. The van der Waals surface area contributed by atoms with Crippen LogP contribution in [0, 0.1) is 0 Å². The first-order valence-electron chi connectivity index (χ1n) is 8.29. The normalized spacial score (nSPS) is 11.7. The molecule has 142 valence electrons. The van der Waals surface area contributed by atoms with Gasteiger partial charge in [-0.15, -0.1) is 0 Å². The molecule has 27 heavy (non-hydrogen) atoms. The third kappa shape index (κ3) is 4.32. The number of benzene rings is 2. The molecule has 8 heteroatoms. The first kappa shape index (κ1) is 19.4. The molecule has 0 saturated carbocycles. The Labute approximate surface area is 163 Å². The van der Waals surface area contributed by atoms with Gasteiger partial charge in [-0.25, -0.2) is 8.42 Å². The number of aromatic nitrogens is 1. The highest BCUT2D eigenvalue weighted by Gasteiger charge is 2.24. The van der Waals surface area contributed by atoms with Gasteiger partial charge in [-0.1, -0.05) is 35.8 Å². The number of rotatable bonds is 7. The van der Waals surface area contributed by atoms with E-state index in [1.807, 2.05) is 24.3 Å². The third-order valence-corrected chi connectivity index (χ3v) is 6.24. The van der Waals surface area contributed by atoms with Gasteiger partial charge in [0.2, 0.25) is 10.0 Å². The monoisotopic (exact) mass is 406 g/mol. The second-order valence-electron chi connectivity index (χ2n) is 5.80. The van der Waals surface area contributed by atoms with Crippen LogP contribution in [0.5, 0.6) is 5.75 Å². The molecule has 0 amide bonds. The van der Waals surface area contributed by atoms with E-state index in [0.717, 1.165) is 5.56 Å². The van der Waals surface area contributed by atoms with Gasteiger partial charge in [-0.3, -0.25) is 0 Å². The van der Waals surface area contributed by atoms with Crippen LogP contribution in [-0.2, 0) is 16.6 Å². The Morgan fingerprint density at radius 1 is 1.15 bits per heavy atom. The van der Waals surface area contributed by atoms with Gasteiger partial charge in [0.05, 0.1) is 24.2 Å². The van der Waals surface area contributed by atoms with Crippen molar-refractivity contribution in [3.05, 3.63) is 65.3 Å². The Morgan fingerprint density at radius 2 is 1.89 bits per heavy atom. The molecule has 1 aromatic heterocycles. The van der Waals surface area contributed by atoms with Crippen molar-refractivity contribution in [2.24, 2.45) is 0 Å². The zero-order chi connectivity index (χ0) is 19.4. The summed E-state index contributed by atoms with van der Waals surface area (Å²) in [5.74, 6) is 1.25. The van der Waals surface area contributed by atoms with Crippen molar-refractivity contribution in [3.63, 3.8) is 0 Å². The number of ether oxygens (including phenoxy) is 1. The summed E-state index contributed by atoms with van der Waals surface area (Å²) >= 11 is 5.85. The molecule has 0 aliphatic carbocycles. The smallest absolute Gasteiger partial charge is 0.243 e. The third-order valence-electron chi connectivity index (χ3n) is 4.06. The van der Waals surface area contributed by atoms with E-state index in [1.54, 1.807) is 32.2 Å². The number of halogens is 1. The molecular weight excluding hydrogens is 388 g/mol. The topological polar surface area (TPSA) is 72.6 Å². The summed E-state index contributed by atoms with van der Waals surface area (Å²) in [6, 6.07) is 15.2. The lowest BCUT2D eigenvalue weighted by atomic mass is 10.1. The maximum Gasteiger partial charge on any atom is 0.243 e. The molecule has 0 aliphatic heterocycles. The average Bonchev–Trinajstić information content (AvgIpc) is 3.15. The zero-order valence-electron chi connectivity index (χ0n) is 14.9. The fraction of sp³-hybridized carbons (Fsp3) is 0.211. The summed E-state index contributed by atoms with van der Waals surface area (Å²) in [4.78, 5) is 0.185. The molecule has 0 atom stereocenters. The van der Waals surface area contributed by atoms with Crippen molar-refractivity contribution in [2.45, 2.75) is 18.4 Å². The minimum absolute atomic E-state index is 0.106. The van der Waals surface area contributed by atoms with Crippen LogP contribution in [0.2, 0.25) is 5.02 Å². The summed E-state index contributed by atoms with van der Waals surface area (Å²) in [5.41, 5.74) is 1.32. The first-order chi connectivity index (χ1) is 12.9. The van der Waals surface area contributed by atoms with Gasteiger partial charge < -0.3 is 9.26 Å². The molecule has 0 bridgehead atoms. The van der Waals surface area contributed by atoms with Gasteiger partial charge in [0.1, 0.15) is 5.75 Å². The van der Waals surface area contributed by atoms with Crippen LogP contribution in [0.1, 0.15) is 12.6 Å². The highest BCUT2D eigenvalue weighted by atomic mass is 35.5. The molecule has 0 unspecified atom stereocenters. The largest absolute Gasteiger partial charge is 0.497 e. The van der Waals surface area contributed by atoms with Crippen LogP contribution in [0.4, 0.5) is 0 Å². The van der Waals surface area contributed by atoms with Gasteiger partial charge in [-0.2, -0.15) is 4.31 Å². The maximum atomic E-state index is 12.8. The lowest BCUT2D eigenvalue weighted by Gasteiger charge is -2.19. The standard InChI is InChI=1S/C19H19ClN2O4S/c1-3-22(27(23,24)18-9-7-15(20)8-10-18)13-16-12-19(26-21-16)14-5-4-6-17(11-14)25-2/h4-12H,3,13H2,1-2H3. The van der Waals surface area contributed by atoms with Crippen LogP contribution in [-0.4, -0.2) is 31.5 Å². The summed E-state index contributed by atoms with van der Waals surface area (Å²) < 4.78 is 37.6. The Balaban J connectivity index is 1.83. The Hall–Kier alpha value is -2.35.